The first-order valence-corrected chi connectivity index (χ1v) is 6.44. The fourth-order valence-electron chi connectivity index (χ4n) is 1.42. The van der Waals surface area contributed by atoms with Crippen molar-refractivity contribution in [2.75, 3.05) is 5.73 Å². The number of rotatable bonds is 3. The van der Waals surface area contributed by atoms with Crippen molar-refractivity contribution >= 4 is 29.1 Å². The summed E-state index contributed by atoms with van der Waals surface area (Å²) in [6.07, 6.45) is 0. The molecule has 0 aliphatic rings. The maximum Gasteiger partial charge on any atom is 0.124 e. The van der Waals surface area contributed by atoms with Crippen molar-refractivity contribution in [2.24, 2.45) is 0 Å². The number of nitrogen functional groups attached to an aromatic ring is 1. The van der Waals surface area contributed by atoms with Gasteiger partial charge in [-0.15, -0.1) is 11.8 Å². The van der Waals surface area contributed by atoms with Gasteiger partial charge in [-0.2, -0.15) is 0 Å². The van der Waals surface area contributed by atoms with E-state index in [1.165, 1.54) is 23.9 Å². The van der Waals surface area contributed by atoms with Gasteiger partial charge in [0.15, 0.2) is 0 Å². The zero-order valence-electron chi connectivity index (χ0n) is 8.99. The molecule has 2 N–H and O–H groups in total. The van der Waals surface area contributed by atoms with Crippen LogP contribution in [-0.4, -0.2) is 0 Å². The number of hydrogen-bond acceptors (Lipinski definition) is 2. The Balaban J connectivity index is 2.09. The first-order chi connectivity index (χ1) is 8.15. The van der Waals surface area contributed by atoms with Crippen LogP contribution in [0.3, 0.4) is 0 Å². The van der Waals surface area contributed by atoms with Gasteiger partial charge in [0.1, 0.15) is 5.82 Å². The maximum absolute atomic E-state index is 13.0. The number of anilines is 1. The van der Waals surface area contributed by atoms with E-state index in [0.717, 1.165) is 10.5 Å². The van der Waals surface area contributed by atoms with E-state index < -0.39 is 0 Å². The first kappa shape index (κ1) is 12.3. The second-order valence-corrected chi connectivity index (χ2v) is 5.07. The minimum Gasteiger partial charge on any atom is -0.398 e. The molecule has 0 fully saturated rings. The molecule has 0 bridgehead atoms. The lowest BCUT2D eigenvalue weighted by Gasteiger charge is -2.06. The molecular formula is C13H11ClFNS. The Labute approximate surface area is 109 Å². The molecule has 0 aliphatic carbocycles. The normalized spacial score (nSPS) is 10.5. The fourth-order valence-corrected chi connectivity index (χ4v) is 2.55. The molecule has 0 radical (unpaired) electrons. The summed E-state index contributed by atoms with van der Waals surface area (Å²) < 4.78 is 13.0. The molecule has 88 valence electrons. The van der Waals surface area contributed by atoms with Crippen molar-refractivity contribution in [3.63, 3.8) is 0 Å². The molecule has 0 atom stereocenters. The third kappa shape index (κ3) is 3.38. The minimum absolute atomic E-state index is 0.228. The lowest BCUT2D eigenvalue weighted by Crippen LogP contribution is -1.92. The van der Waals surface area contributed by atoms with Crippen molar-refractivity contribution in [3.8, 4) is 0 Å². The number of benzene rings is 2. The second kappa shape index (κ2) is 5.43. The van der Waals surface area contributed by atoms with Gasteiger partial charge in [-0.25, -0.2) is 4.39 Å². The van der Waals surface area contributed by atoms with Crippen molar-refractivity contribution in [2.45, 2.75) is 10.6 Å². The molecule has 0 unspecified atom stereocenters. The molecule has 0 amide bonds. The molecule has 4 heteroatoms. The lowest BCUT2D eigenvalue weighted by atomic mass is 10.2. The molecule has 0 heterocycles. The molecule has 1 nitrogen and oxygen atoms in total. The van der Waals surface area contributed by atoms with Gasteiger partial charge in [0, 0.05) is 21.4 Å². The molecule has 0 spiro atoms. The summed E-state index contributed by atoms with van der Waals surface area (Å²) in [6.45, 7) is 0. The van der Waals surface area contributed by atoms with Crippen molar-refractivity contribution in [1.82, 2.24) is 0 Å². The molecule has 17 heavy (non-hydrogen) atoms. The van der Waals surface area contributed by atoms with Crippen LogP contribution in [0.4, 0.5) is 10.1 Å². The summed E-state index contributed by atoms with van der Waals surface area (Å²) in [5, 5.41) is 0.661. The van der Waals surface area contributed by atoms with Crippen LogP contribution in [0, 0.1) is 5.82 Å². The summed E-state index contributed by atoms with van der Waals surface area (Å²) in [6, 6.07) is 11.9. The van der Waals surface area contributed by atoms with Gasteiger partial charge in [-0.3, -0.25) is 0 Å². The number of nitrogens with two attached hydrogens (primary N) is 1. The highest BCUT2D eigenvalue weighted by atomic mass is 35.5. The zero-order valence-corrected chi connectivity index (χ0v) is 10.6. The van der Waals surface area contributed by atoms with E-state index in [1.54, 1.807) is 18.2 Å². The number of halogens is 2. The molecule has 2 aromatic carbocycles. The van der Waals surface area contributed by atoms with E-state index in [9.17, 15) is 4.39 Å². The van der Waals surface area contributed by atoms with Crippen molar-refractivity contribution in [1.29, 1.82) is 0 Å². The van der Waals surface area contributed by atoms with Gasteiger partial charge < -0.3 is 5.73 Å². The third-order valence-corrected chi connectivity index (χ3v) is 3.57. The van der Waals surface area contributed by atoms with Gasteiger partial charge in [-0.05, 0) is 42.0 Å². The van der Waals surface area contributed by atoms with Gasteiger partial charge in [-0.1, -0.05) is 17.7 Å². The van der Waals surface area contributed by atoms with Crippen LogP contribution in [0.25, 0.3) is 0 Å². The van der Waals surface area contributed by atoms with Gasteiger partial charge in [0.25, 0.3) is 0 Å². The smallest absolute Gasteiger partial charge is 0.124 e. The fraction of sp³-hybridized carbons (Fsp3) is 0.0769. The minimum atomic E-state index is -0.228. The molecule has 2 rings (SSSR count). The predicted molar refractivity (Wildman–Crippen MR) is 71.8 cm³/mol. The summed E-state index contributed by atoms with van der Waals surface area (Å²) in [4.78, 5) is 0.879. The standard InChI is InChI=1S/C13H11ClFNS/c14-10-4-5-13(16)9(6-10)8-17-12-3-1-2-11(15)7-12/h1-7H,8,16H2. The van der Waals surface area contributed by atoms with E-state index in [4.69, 9.17) is 17.3 Å². The Bertz CT molecular complexity index is 531. The summed E-state index contributed by atoms with van der Waals surface area (Å²) in [5.41, 5.74) is 7.51. The summed E-state index contributed by atoms with van der Waals surface area (Å²) in [5.74, 6) is 0.449. The Hall–Kier alpha value is -1.19. The van der Waals surface area contributed by atoms with Crippen LogP contribution in [0.5, 0.6) is 0 Å². The number of thioether (sulfide) groups is 1. The summed E-state index contributed by atoms with van der Waals surface area (Å²) in [7, 11) is 0. The Morgan fingerprint density at radius 3 is 2.76 bits per heavy atom. The molecule has 0 saturated carbocycles. The van der Waals surface area contributed by atoms with Crippen LogP contribution in [0.2, 0.25) is 5.02 Å². The topological polar surface area (TPSA) is 26.0 Å². The van der Waals surface area contributed by atoms with E-state index >= 15 is 0 Å². The largest absolute Gasteiger partial charge is 0.398 e. The van der Waals surface area contributed by atoms with Gasteiger partial charge in [0.2, 0.25) is 0 Å². The molecule has 0 saturated heterocycles. The average Bonchev–Trinajstić information content (AvgIpc) is 2.30. The van der Waals surface area contributed by atoms with Crippen LogP contribution in [-0.2, 0) is 5.75 Å². The monoisotopic (exact) mass is 267 g/mol. The quantitative estimate of drug-likeness (QED) is 0.661. The summed E-state index contributed by atoms with van der Waals surface area (Å²) >= 11 is 7.43. The van der Waals surface area contributed by atoms with Gasteiger partial charge in [0.05, 0.1) is 0 Å². The Morgan fingerprint density at radius 1 is 1.18 bits per heavy atom. The van der Waals surface area contributed by atoms with Crippen LogP contribution in [0.15, 0.2) is 47.4 Å². The SMILES string of the molecule is Nc1ccc(Cl)cc1CSc1cccc(F)c1. The average molecular weight is 268 g/mol. The van der Waals surface area contributed by atoms with E-state index in [0.29, 0.717) is 16.5 Å². The molecule has 0 aromatic heterocycles. The zero-order chi connectivity index (χ0) is 12.3. The first-order valence-electron chi connectivity index (χ1n) is 5.07. The number of hydrogen-bond donors (Lipinski definition) is 1. The lowest BCUT2D eigenvalue weighted by molar-refractivity contribution is 0.624. The van der Waals surface area contributed by atoms with Crippen LogP contribution in [0.1, 0.15) is 5.56 Å². The highest BCUT2D eigenvalue weighted by molar-refractivity contribution is 7.98. The molecule has 2 aromatic rings. The van der Waals surface area contributed by atoms with E-state index in [1.807, 2.05) is 12.1 Å². The van der Waals surface area contributed by atoms with E-state index in [2.05, 4.69) is 0 Å². The molecule has 0 aliphatic heterocycles. The maximum atomic E-state index is 13.0. The highest BCUT2D eigenvalue weighted by Gasteiger charge is 2.02. The van der Waals surface area contributed by atoms with Crippen LogP contribution < -0.4 is 5.73 Å². The highest BCUT2D eigenvalue weighted by Crippen LogP contribution is 2.27. The van der Waals surface area contributed by atoms with Gasteiger partial charge >= 0.3 is 0 Å². The predicted octanol–water partition coefficient (Wildman–Crippen LogP) is 4.35. The van der Waals surface area contributed by atoms with Crippen molar-refractivity contribution in [3.05, 3.63) is 58.9 Å². The molecular weight excluding hydrogens is 257 g/mol. The third-order valence-electron chi connectivity index (χ3n) is 2.30. The van der Waals surface area contributed by atoms with E-state index in [-0.39, 0.29) is 5.82 Å². The Kier molecular flexibility index (Phi) is 3.92. The van der Waals surface area contributed by atoms with Crippen LogP contribution >= 0.6 is 23.4 Å². The Morgan fingerprint density at radius 2 is 2.00 bits per heavy atom. The second-order valence-electron chi connectivity index (χ2n) is 3.59. The van der Waals surface area contributed by atoms with Crippen molar-refractivity contribution < 1.29 is 4.39 Å².